The summed E-state index contributed by atoms with van der Waals surface area (Å²) in [6.07, 6.45) is -0.430. The molecule has 0 bridgehead atoms. The molecule has 0 saturated carbocycles. The molecule has 0 aromatic carbocycles. The van der Waals surface area contributed by atoms with Crippen LogP contribution in [0, 0.1) is 10.1 Å². The molecule has 1 rings (SSSR count). The number of hydrogen-bond donors (Lipinski definition) is 3. The molecule has 3 N–H and O–H groups in total. The van der Waals surface area contributed by atoms with Gasteiger partial charge in [-0.15, -0.1) is 0 Å². The first kappa shape index (κ1) is 14.6. The molecule has 0 saturated heterocycles. The van der Waals surface area contributed by atoms with Gasteiger partial charge in [-0.05, 0) is 13.0 Å². The van der Waals surface area contributed by atoms with Crippen LogP contribution in [-0.4, -0.2) is 41.7 Å². The van der Waals surface area contributed by atoms with Crippen molar-refractivity contribution in [2.45, 2.75) is 13.0 Å². The zero-order valence-corrected chi connectivity index (χ0v) is 10.7. The Morgan fingerprint density at radius 1 is 1.56 bits per heavy atom. The van der Waals surface area contributed by atoms with Crippen LogP contribution in [0.25, 0.3) is 0 Å². The minimum Gasteiger partial charge on any atom is -0.392 e. The van der Waals surface area contributed by atoms with Crippen molar-refractivity contribution >= 4 is 22.2 Å². The van der Waals surface area contributed by atoms with Crippen LogP contribution < -0.4 is 10.6 Å². The van der Waals surface area contributed by atoms with Crippen LogP contribution in [0.15, 0.2) is 12.1 Å². The molecule has 0 aliphatic carbocycles. The molecule has 0 fully saturated rings. The number of aliphatic hydroxyl groups excluding tert-OH is 1. The van der Waals surface area contributed by atoms with Crippen molar-refractivity contribution < 1.29 is 14.8 Å². The van der Waals surface area contributed by atoms with E-state index in [1.165, 1.54) is 12.1 Å². The first-order chi connectivity index (χ1) is 8.50. The van der Waals surface area contributed by atoms with Crippen LogP contribution in [0.5, 0.6) is 0 Å². The SMILES string of the molecule is CC(O)CNCCNC(=O)c1ccc([N+](=O)[O-])s1. The fraction of sp³-hybridized carbons (Fsp3) is 0.500. The van der Waals surface area contributed by atoms with Crippen molar-refractivity contribution in [3.63, 3.8) is 0 Å². The van der Waals surface area contributed by atoms with Gasteiger partial charge in [-0.25, -0.2) is 0 Å². The molecule has 1 aromatic rings. The lowest BCUT2D eigenvalue weighted by Crippen LogP contribution is -2.34. The molecule has 8 heteroatoms. The number of thiophene rings is 1. The first-order valence-electron chi connectivity index (χ1n) is 5.42. The Balaban J connectivity index is 2.30. The third-order valence-electron chi connectivity index (χ3n) is 2.02. The van der Waals surface area contributed by atoms with E-state index in [0.29, 0.717) is 24.5 Å². The highest BCUT2D eigenvalue weighted by Crippen LogP contribution is 2.23. The summed E-state index contributed by atoms with van der Waals surface area (Å²) in [5.41, 5.74) is 0. The lowest BCUT2D eigenvalue weighted by molar-refractivity contribution is -0.380. The molecule has 1 aromatic heterocycles. The standard InChI is InChI=1S/C10H15N3O4S/c1-7(14)6-11-4-5-12-10(15)8-2-3-9(18-8)13(16)17/h2-3,7,11,14H,4-6H2,1H3,(H,12,15). The highest BCUT2D eigenvalue weighted by Gasteiger charge is 2.14. The molecule has 1 heterocycles. The number of amides is 1. The largest absolute Gasteiger partial charge is 0.392 e. The quantitative estimate of drug-likeness (QED) is 0.378. The molecule has 1 amide bonds. The summed E-state index contributed by atoms with van der Waals surface area (Å²) in [4.78, 5) is 21.8. The second kappa shape index (κ2) is 7.04. The van der Waals surface area contributed by atoms with Gasteiger partial charge in [-0.2, -0.15) is 0 Å². The minimum atomic E-state index is -0.522. The number of carbonyl (C=O) groups excluding carboxylic acids is 1. The number of nitro groups is 1. The zero-order valence-electron chi connectivity index (χ0n) is 9.88. The molecule has 1 atom stereocenters. The van der Waals surface area contributed by atoms with Gasteiger partial charge in [0.2, 0.25) is 0 Å². The van der Waals surface area contributed by atoms with E-state index in [1.54, 1.807) is 6.92 Å². The molecule has 18 heavy (non-hydrogen) atoms. The highest BCUT2D eigenvalue weighted by atomic mass is 32.1. The Kier molecular flexibility index (Phi) is 5.69. The molecule has 0 spiro atoms. The summed E-state index contributed by atoms with van der Waals surface area (Å²) >= 11 is 0.846. The Bertz CT molecular complexity index is 419. The van der Waals surface area contributed by atoms with Gasteiger partial charge in [0, 0.05) is 25.7 Å². The van der Waals surface area contributed by atoms with Gasteiger partial charge in [0.25, 0.3) is 5.91 Å². The van der Waals surface area contributed by atoms with Crippen molar-refractivity contribution in [1.82, 2.24) is 10.6 Å². The summed E-state index contributed by atoms with van der Waals surface area (Å²) in [6, 6.07) is 2.74. The fourth-order valence-electron chi connectivity index (χ4n) is 1.21. The summed E-state index contributed by atoms with van der Waals surface area (Å²) in [7, 11) is 0. The van der Waals surface area contributed by atoms with Crippen molar-refractivity contribution in [1.29, 1.82) is 0 Å². The summed E-state index contributed by atoms with van der Waals surface area (Å²) < 4.78 is 0. The van der Waals surface area contributed by atoms with E-state index in [9.17, 15) is 14.9 Å². The molecular formula is C10H15N3O4S. The van der Waals surface area contributed by atoms with E-state index in [-0.39, 0.29) is 10.9 Å². The van der Waals surface area contributed by atoms with Crippen LogP contribution in [-0.2, 0) is 0 Å². The topological polar surface area (TPSA) is 104 Å². The monoisotopic (exact) mass is 273 g/mol. The molecule has 100 valence electrons. The van der Waals surface area contributed by atoms with E-state index in [1.807, 2.05) is 0 Å². The first-order valence-corrected chi connectivity index (χ1v) is 6.23. The van der Waals surface area contributed by atoms with Gasteiger partial charge in [0.05, 0.1) is 15.9 Å². The van der Waals surface area contributed by atoms with E-state index in [0.717, 1.165) is 11.3 Å². The normalized spacial score (nSPS) is 12.1. The number of nitrogens with one attached hydrogen (secondary N) is 2. The second-order valence-electron chi connectivity index (χ2n) is 3.70. The number of carbonyl (C=O) groups is 1. The molecule has 7 nitrogen and oxygen atoms in total. The van der Waals surface area contributed by atoms with Crippen LogP contribution in [0.1, 0.15) is 16.6 Å². The third-order valence-corrected chi connectivity index (χ3v) is 3.06. The molecule has 1 unspecified atom stereocenters. The lowest BCUT2D eigenvalue weighted by atomic mass is 10.4. The van der Waals surface area contributed by atoms with Crippen molar-refractivity contribution in [2.24, 2.45) is 0 Å². The van der Waals surface area contributed by atoms with Gasteiger partial charge in [0.15, 0.2) is 0 Å². The molecule has 0 aliphatic rings. The molecule has 0 aliphatic heterocycles. The zero-order chi connectivity index (χ0) is 13.5. The number of hydrogen-bond acceptors (Lipinski definition) is 6. The second-order valence-corrected chi connectivity index (χ2v) is 4.77. The van der Waals surface area contributed by atoms with Crippen molar-refractivity contribution in [3.8, 4) is 0 Å². The number of nitrogens with zero attached hydrogens (tertiary/aromatic N) is 1. The van der Waals surface area contributed by atoms with E-state index < -0.39 is 11.0 Å². The van der Waals surface area contributed by atoms with Crippen LogP contribution >= 0.6 is 11.3 Å². The Morgan fingerprint density at radius 2 is 2.28 bits per heavy atom. The summed E-state index contributed by atoms with van der Waals surface area (Å²) in [6.45, 7) is 3.05. The maximum Gasteiger partial charge on any atom is 0.324 e. The average Bonchev–Trinajstić information content (AvgIpc) is 2.77. The maximum atomic E-state index is 11.6. The van der Waals surface area contributed by atoms with Gasteiger partial charge in [0.1, 0.15) is 0 Å². The highest BCUT2D eigenvalue weighted by molar-refractivity contribution is 7.17. The van der Waals surface area contributed by atoms with Crippen LogP contribution in [0.2, 0.25) is 0 Å². The Hall–Kier alpha value is -1.51. The number of rotatable bonds is 7. The fourth-order valence-corrected chi connectivity index (χ4v) is 1.95. The smallest absolute Gasteiger partial charge is 0.324 e. The van der Waals surface area contributed by atoms with E-state index >= 15 is 0 Å². The third kappa shape index (κ3) is 4.78. The maximum absolute atomic E-state index is 11.6. The summed E-state index contributed by atoms with van der Waals surface area (Å²) in [5, 5.41) is 25.0. The van der Waals surface area contributed by atoms with E-state index in [2.05, 4.69) is 10.6 Å². The average molecular weight is 273 g/mol. The predicted molar refractivity (Wildman–Crippen MR) is 67.9 cm³/mol. The van der Waals surface area contributed by atoms with Crippen molar-refractivity contribution in [3.05, 3.63) is 27.1 Å². The van der Waals surface area contributed by atoms with Crippen molar-refractivity contribution in [2.75, 3.05) is 19.6 Å². The van der Waals surface area contributed by atoms with Gasteiger partial charge in [-0.1, -0.05) is 11.3 Å². The molecule has 0 radical (unpaired) electrons. The van der Waals surface area contributed by atoms with Crippen LogP contribution in [0.3, 0.4) is 0 Å². The van der Waals surface area contributed by atoms with Gasteiger partial charge in [-0.3, -0.25) is 14.9 Å². The Labute approximate surface area is 108 Å². The Morgan fingerprint density at radius 3 is 2.83 bits per heavy atom. The van der Waals surface area contributed by atoms with Crippen LogP contribution in [0.4, 0.5) is 5.00 Å². The predicted octanol–water partition coefficient (Wildman–Crippen LogP) is 0.357. The van der Waals surface area contributed by atoms with Gasteiger partial charge >= 0.3 is 5.00 Å². The summed E-state index contributed by atoms with van der Waals surface area (Å²) in [5.74, 6) is -0.327. The lowest BCUT2D eigenvalue weighted by Gasteiger charge is -2.07. The minimum absolute atomic E-state index is 0.0487. The van der Waals surface area contributed by atoms with Gasteiger partial charge < -0.3 is 15.7 Å². The number of aliphatic hydroxyl groups is 1. The van der Waals surface area contributed by atoms with E-state index in [4.69, 9.17) is 5.11 Å². The molecular weight excluding hydrogens is 258 g/mol.